The topological polar surface area (TPSA) is 91.3 Å². The van der Waals surface area contributed by atoms with Gasteiger partial charge in [-0.2, -0.15) is 0 Å². The van der Waals surface area contributed by atoms with Crippen molar-refractivity contribution in [2.45, 2.75) is 155 Å². The molecular formula is C41H77NO7P+. The van der Waals surface area contributed by atoms with Gasteiger partial charge in [0, 0.05) is 13.0 Å². The lowest BCUT2D eigenvalue weighted by molar-refractivity contribution is -0.870. The quantitative estimate of drug-likeness (QED) is 0.0226. The SMILES string of the molecule is CCC/C=C\C/C=C\CCCCCCCC(=O)OC(COCCCCCCCC/C=C\C/C=C\CCCC)COP(=O)(O)OCC[N+](C)(C)C. The van der Waals surface area contributed by atoms with Crippen molar-refractivity contribution in [3.8, 4) is 0 Å². The van der Waals surface area contributed by atoms with Crippen LogP contribution in [-0.2, 0) is 27.9 Å². The van der Waals surface area contributed by atoms with E-state index in [1.54, 1.807) is 0 Å². The number of quaternary nitrogens is 1. The average molecular weight is 727 g/mol. The average Bonchev–Trinajstić information content (AvgIpc) is 3.06. The van der Waals surface area contributed by atoms with Crippen molar-refractivity contribution in [3.63, 3.8) is 0 Å². The molecule has 0 heterocycles. The maximum Gasteiger partial charge on any atom is 0.472 e. The molecule has 9 heteroatoms. The summed E-state index contributed by atoms with van der Waals surface area (Å²) in [4.78, 5) is 22.8. The Morgan fingerprint density at radius 2 is 1.14 bits per heavy atom. The first kappa shape index (κ1) is 48.5. The molecule has 0 saturated carbocycles. The molecule has 8 nitrogen and oxygen atoms in total. The lowest BCUT2D eigenvalue weighted by Crippen LogP contribution is -2.37. The molecule has 0 spiro atoms. The monoisotopic (exact) mass is 727 g/mol. The van der Waals surface area contributed by atoms with Crippen LogP contribution in [0.5, 0.6) is 0 Å². The summed E-state index contributed by atoms with van der Waals surface area (Å²) in [6.07, 6.45) is 39.9. The van der Waals surface area contributed by atoms with Crippen LogP contribution in [0, 0.1) is 0 Å². The number of carbonyl (C=O) groups excluding carboxylic acids is 1. The molecule has 2 unspecified atom stereocenters. The molecule has 0 bridgehead atoms. The predicted octanol–water partition coefficient (Wildman–Crippen LogP) is 11.2. The number of phosphoric acid groups is 1. The van der Waals surface area contributed by atoms with E-state index in [1.807, 2.05) is 21.1 Å². The summed E-state index contributed by atoms with van der Waals surface area (Å²) in [6.45, 7) is 5.46. The van der Waals surface area contributed by atoms with Crippen molar-refractivity contribution >= 4 is 13.8 Å². The zero-order valence-electron chi connectivity index (χ0n) is 32.9. The van der Waals surface area contributed by atoms with Crippen LogP contribution in [-0.4, -0.2) is 75.6 Å². The number of allylic oxidation sites excluding steroid dienone is 8. The third-order valence-electron chi connectivity index (χ3n) is 8.09. The summed E-state index contributed by atoms with van der Waals surface area (Å²) in [5.41, 5.74) is 0. The molecule has 2 atom stereocenters. The molecular weight excluding hydrogens is 649 g/mol. The molecule has 0 aliphatic rings. The third-order valence-corrected chi connectivity index (χ3v) is 9.08. The van der Waals surface area contributed by atoms with E-state index in [0.717, 1.165) is 77.0 Å². The molecule has 0 aliphatic heterocycles. The van der Waals surface area contributed by atoms with Gasteiger partial charge in [-0.3, -0.25) is 13.8 Å². The Bertz CT molecular complexity index is 942. The van der Waals surface area contributed by atoms with Crippen molar-refractivity contribution in [3.05, 3.63) is 48.6 Å². The number of rotatable bonds is 36. The van der Waals surface area contributed by atoms with E-state index in [-0.39, 0.29) is 25.8 Å². The van der Waals surface area contributed by atoms with Gasteiger partial charge in [-0.05, 0) is 64.2 Å². The van der Waals surface area contributed by atoms with E-state index >= 15 is 0 Å². The first-order valence-electron chi connectivity index (χ1n) is 19.9. The van der Waals surface area contributed by atoms with Crippen LogP contribution in [0.3, 0.4) is 0 Å². The van der Waals surface area contributed by atoms with E-state index in [1.165, 1.54) is 51.4 Å². The largest absolute Gasteiger partial charge is 0.472 e. The van der Waals surface area contributed by atoms with E-state index in [9.17, 15) is 14.3 Å². The fraction of sp³-hybridized carbons (Fsp3) is 0.780. The number of unbranched alkanes of at least 4 members (excludes halogenated alkanes) is 14. The number of carbonyl (C=O) groups is 1. The standard InChI is InChI=1S/C41H76NO7P/c1-6-8-10-12-14-16-18-20-21-23-25-27-29-31-33-36-46-38-40(39-48-50(44,45)47-37-35-42(3,4)5)49-41(43)34-32-30-28-26-24-22-19-17-15-13-11-9-7-2/h11-14,17-20,40H,6-10,15-16,21-39H2,1-5H3/p+1/b13-11-,14-12-,19-17-,20-18-. The second-order valence-electron chi connectivity index (χ2n) is 14.3. The highest BCUT2D eigenvalue weighted by molar-refractivity contribution is 7.47. The van der Waals surface area contributed by atoms with Crippen LogP contribution in [0.25, 0.3) is 0 Å². The number of esters is 1. The number of likely N-dealkylation sites (N-methyl/N-ethyl adjacent to an activating group) is 1. The molecule has 0 fully saturated rings. The summed E-state index contributed by atoms with van der Waals surface area (Å²) < 4.78 is 34.9. The summed E-state index contributed by atoms with van der Waals surface area (Å²) >= 11 is 0. The van der Waals surface area contributed by atoms with Crippen molar-refractivity contribution in [2.75, 3.05) is 54.1 Å². The van der Waals surface area contributed by atoms with Gasteiger partial charge < -0.3 is 18.9 Å². The maximum atomic E-state index is 12.6. The summed E-state index contributed by atoms with van der Waals surface area (Å²) in [5.74, 6) is -0.335. The van der Waals surface area contributed by atoms with Gasteiger partial charge in [0.05, 0.1) is 34.4 Å². The molecule has 0 amide bonds. The maximum absolute atomic E-state index is 12.6. The first-order valence-corrected chi connectivity index (χ1v) is 21.4. The second kappa shape index (κ2) is 34.5. The molecule has 0 aromatic carbocycles. The van der Waals surface area contributed by atoms with Crippen LogP contribution in [0.1, 0.15) is 149 Å². The Kier molecular flexibility index (Phi) is 33.5. The van der Waals surface area contributed by atoms with Crippen LogP contribution >= 0.6 is 7.82 Å². The molecule has 0 saturated heterocycles. The van der Waals surface area contributed by atoms with E-state index in [2.05, 4.69) is 62.5 Å². The Hall–Kier alpha value is -1.54. The van der Waals surface area contributed by atoms with E-state index in [0.29, 0.717) is 24.1 Å². The van der Waals surface area contributed by atoms with Crippen LogP contribution in [0.15, 0.2) is 48.6 Å². The van der Waals surface area contributed by atoms with Gasteiger partial charge in [-0.15, -0.1) is 0 Å². The zero-order chi connectivity index (χ0) is 37.0. The normalized spacial score (nSPS) is 14.4. The van der Waals surface area contributed by atoms with Gasteiger partial charge in [-0.1, -0.05) is 127 Å². The minimum absolute atomic E-state index is 0.0817. The lowest BCUT2D eigenvalue weighted by Gasteiger charge is -2.24. The Balaban J connectivity index is 4.33. The number of hydrogen-bond acceptors (Lipinski definition) is 6. The highest BCUT2D eigenvalue weighted by Crippen LogP contribution is 2.43. The number of hydrogen-bond donors (Lipinski definition) is 1. The third kappa shape index (κ3) is 37.7. The predicted molar refractivity (Wildman–Crippen MR) is 210 cm³/mol. The van der Waals surface area contributed by atoms with Crippen LogP contribution < -0.4 is 0 Å². The second-order valence-corrected chi connectivity index (χ2v) is 15.8. The van der Waals surface area contributed by atoms with Crippen molar-refractivity contribution in [1.29, 1.82) is 0 Å². The van der Waals surface area contributed by atoms with E-state index < -0.39 is 13.9 Å². The van der Waals surface area contributed by atoms with Crippen molar-refractivity contribution in [2.24, 2.45) is 0 Å². The molecule has 292 valence electrons. The molecule has 50 heavy (non-hydrogen) atoms. The molecule has 0 aromatic rings. The number of ether oxygens (including phenoxy) is 2. The van der Waals surface area contributed by atoms with E-state index in [4.69, 9.17) is 18.5 Å². The van der Waals surface area contributed by atoms with Gasteiger partial charge in [-0.25, -0.2) is 4.57 Å². The Labute approximate surface area is 308 Å². The van der Waals surface area contributed by atoms with Gasteiger partial charge >= 0.3 is 13.8 Å². The van der Waals surface area contributed by atoms with Gasteiger partial charge in [0.25, 0.3) is 0 Å². The number of phosphoric ester groups is 1. The lowest BCUT2D eigenvalue weighted by atomic mass is 10.1. The molecule has 0 aliphatic carbocycles. The minimum Gasteiger partial charge on any atom is -0.457 e. The highest BCUT2D eigenvalue weighted by Gasteiger charge is 2.26. The van der Waals surface area contributed by atoms with Crippen molar-refractivity contribution < 1.29 is 37.3 Å². The van der Waals surface area contributed by atoms with Gasteiger partial charge in [0.2, 0.25) is 0 Å². The number of nitrogens with zero attached hydrogens (tertiary/aromatic N) is 1. The van der Waals surface area contributed by atoms with Crippen LogP contribution in [0.2, 0.25) is 0 Å². The zero-order valence-corrected chi connectivity index (χ0v) is 33.8. The molecule has 1 N–H and O–H groups in total. The fourth-order valence-electron chi connectivity index (χ4n) is 4.96. The van der Waals surface area contributed by atoms with Gasteiger partial charge in [0.1, 0.15) is 19.3 Å². The van der Waals surface area contributed by atoms with Crippen molar-refractivity contribution in [1.82, 2.24) is 0 Å². The Morgan fingerprint density at radius 3 is 1.70 bits per heavy atom. The summed E-state index contributed by atoms with van der Waals surface area (Å²) in [7, 11) is 1.64. The Morgan fingerprint density at radius 1 is 0.620 bits per heavy atom. The summed E-state index contributed by atoms with van der Waals surface area (Å²) in [5, 5.41) is 0. The van der Waals surface area contributed by atoms with Crippen LogP contribution in [0.4, 0.5) is 0 Å². The first-order chi connectivity index (χ1) is 24.1. The summed E-state index contributed by atoms with van der Waals surface area (Å²) in [6, 6.07) is 0. The molecule has 0 aromatic heterocycles. The molecule has 0 rings (SSSR count). The minimum atomic E-state index is -4.28. The van der Waals surface area contributed by atoms with Gasteiger partial charge in [0.15, 0.2) is 0 Å². The highest BCUT2D eigenvalue weighted by atomic mass is 31.2. The smallest absolute Gasteiger partial charge is 0.457 e. The molecule has 0 radical (unpaired) electrons. The fourth-order valence-corrected chi connectivity index (χ4v) is 5.70.